The molecule has 5 atom stereocenters. The molecule has 8 heteroatoms. The van der Waals surface area contributed by atoms with E-state index in [-0.39, 0.29) is 41.9 Å². The summed E-state index contributed by atoms with van der Waals surface area (Å²) in [4.78, 5) is 53.8. The molecule has 0 radical (unpaired) electrons. The fourth-order valence-corrected chi connectivity index (χ4v) is 6.13. The van der Waals surface area contributed by atoms with Crippen LogP contribution in [0.15, 0.2) is 54.6 Å². The molecule has 1 saturated heterocycles. The van der Waals surface area contributed by atoms with Crippen LogP contribution in [0.25, 0.3) is 0 Å². The highest BCUT2D eigenvalue weighted by molar-refractivity contribution is 6.08. The highest BCUT2D eigenvalue weighted by Crippen LogP contribution is 2.56. The quantitative estimate of drug-likeness (QED) is 0.428. The second-order valence-corrected chi connectivity index (χ2v) is 9.72. The Balaban J connectivity index is 1.31. The van der Waals surface area contributed by atoms with Crippen molar-refractivity contribution in [1.29, 1.82) is 0 Å². The highest BCUT2D eigenvalue weighted by atomic mass is 16.5. The van der Waals surface area contributed by atoms with E-state index in [0.29, 0.717) is 18.0 Å². The van der Waals surface area contributed by atoms with E-state index >= 15 is 0 Å². The second kappa shape index (κ2) is 10.1. The standard InChI is InChI=1S/C28H30N2O6/c1-2-35-22-11-7-6-10-20(22)29-23(31)16-36-28(34)21(14-17-8-4-3-5-9-17)30-26(32)24-18-12-13-19(15-18)25(24)27(30)33/h3-11,18-19,21,24-25H,2,12-16H2,1H3,(H,29,31)/t18-,19-,21-,24-,25-/m0/s1. The lowest BCUT2D eigenvalue weighted by Crippen LogP contribution is -2.48. The molecule has 0 aromatic heterocycles. The molecule has 2 aromatic rings. The van der Waals surface area contributed by atoms with E-state index in [0.717, 1.165) is 29.7 Å². The number of esters is 1. The van der Waals surface area contributed by atoms with Crippen LogP contribution >= 0.6 is 0 Å². The molecule has 2 saturated carbocycles. The van der Waals surface area contributed by atoms with Crippen molar-refractivity contribution in [1.82, 2.24) is 4.90 Å². The molecule has 2 bridgehead atoms. The van der Waals surface area contributed by atoms with E-state index in [1.165, 1.54) is 0 Å². The highest BCUT2D eigenvalue weighted by Gasteiger charge is 2.62. The largest absolute Gasteiger partial charge is 0.492 e. The zero-order valence-electron chi connectivity index (χ0n) is 20.2. The summed E-state index contributed by atoms with van der Waals surface area (Å²) in [5.74, 6) is -1.58. The van der Waals surface area contributed by atoms with E-state index in [4.69, 9.17) is 9.47 Å². The molecule has 1 N–H and O–H groups in total. The minimum Gasteiger partial charge on any atom is -0.492 e. The van der Waals surface area contributed by atoms with Crippen LogP contribution in [0.1, 0.15) is 31.7 Å². The molecular formula is C28H30N2O6. The maximum Gasteiger partial charge on any atom is 0.330 e. The van der Waals surface area contributed by atoms with Gasteiger partial charge < -0.3 is 14.8 Å². The summed E-state index contributed by atoms with van der Waals surface area (Å²) in [7, 11) is 0. The summed E-state index contributed by atoms with van der Waals surface area (Å²) in [5.41, 5.74) is 1.27. The Morgan fingerprint density at radius 2 is 1.61 bits per heavy atom. The van der Waals surface area contributed by atoms with Gasteiger partial charge in [-0.25, -0.2) is 4.79 Å². The van der Waals surface area contributed by atoms with Crippen molar-refractivity contribution < 1.29 is 28.7 Å². The molecular weight excluding hydrogens is 460 g/mol. The van der Waals surface area contributed by atoms with Gasteiger partial charge in [0.15, 0.2) is 6.61 Å². The second-order valence-electron chi connectivity index (χ2n) is 9.72. The molecule has 3 aliphatic rings. The topological polar surface area (TPSA) is 102 Å². The fourth-order valence-electron chi connectivity index (χ4n) is 6.13. The first kappa shape index (κ1) is 24.0. The van der Waals surface area contributed by atoms with Gasteiger partial charge in [0.05, 0.1) is 24.1 Å². The van der Waals surface area contributed by atoms with Crippen molar-refractivity contribution in [2.45, 2.75) is 38.6 Å². The molecule has 3 amide bonds. The number of hydrogen-bond acceptors (Lipinski definition) is 6. The van der Waals surface area contributed by atoms with Crippen LogP contribution in [0.4, 0.5) is 5.69 Å². The van der Waals surface area contributed by atoms with Crippen molar-refractivity contribution in [2.24, 2.45) is 23.7 Å². The lowest BCUT2D eigenvalue weighted by molar-refractivity contribution is -0.160. The Bertz CT molecular complexity index is 1140. The van der Waals surface area contributed by atoms with Gasteiger partial charge in [0.2, 0.25) is 11.8 Å². The number of ether oxygens (including phenoxy) is 2. The van der Waals surface area contributed by atoms with E-state index < -0.39 is 24.5 Å². The van der Waals surface area contributed by atoms with Gasteiger partial charge in [-0.15, -0.1) is 0 Å². The van der Waals surface area contributed by atoms with Crippen LogP contribution in [0.3, 0.4) is 0 Å². The minimum absolute atomic E-state index is 0.140. The lowest BCUT2D eigenvalue weighted by Gasteiger charge is -2.26. The van der Waals surface area contributed by atoms with Crippen LogP contribution in [-0.2, 0) is 30.3 Å². The molecule has 2 aromatic carbocycles. The predicted molar refractivity (Wildman–Crippen MR) is 131 cm³/mol. The monoisotopic (exact) mass is 490 g/mol. The van der Waals surface area contributed by atoms with E-state index in [9.17, 15) is 19.2 Å². The number of amides is 3. The third-order valence-corrected chi connectivity index (χ3v) is 7.62. The molecule has 1 heterocycles. The van der Waals surface area contributed by atoms with Crippen LogP contribution in [0, 0.1) is 23.7 Å². The Kier molecular flexibility index (Phi) is 6.76. The first-order valence-electron chi connectivity index (χ1n) is 12.6. The summed E-state index contributed by atoms with van der Waals surface area (Å²) < 4.78 is 10.9. The van der Waals surface area contributed by atoms with Gasteiger partial charge in [-0.2, -0.15) is 0 Å². The van der Waals surface area contributed by atoms with Gasteiger partial charge in [-0.05, 0) is 55.7 Å². The summed E-state index contributed by atoms with van der Waals surface area (Å²) >= 11 is 0. The predicted octanol–water partition coefficient (Wildman–Crippen LogP) is 3.21. The van der Waals surface area contributed by atoms with Crippen LogP contribution in [0.2, 0.25) is 0 Å². The number of anilines is 1. The van der Waals surface area contributed by atoms with Crippen LogP contribution < -0.4 is 10.1 Å². The number of carbonyl (C=O) groups excluding carboxylic acids is 4. The van der Waals surface area contributed by atoms with Crippen molar-refractivity contribution in [3.63, 3.8) is 0 Å². The SMILES string of the molecule is CCOc1ccccc1NC(=O)COC(=O)[C@H](Cc1ccccc1)N1C(=O)[C@H]2[C@H]3CC[C@@H](C3)[C@@H]2C1=O. The number of nitrogens with zero attached hydrogens (tertiary/aromatic N) is 1. The van der Waals surface area contributed by atoms with Crippen LogP contribution in [0.5, 0.6) is 5.75 Å². The molecule has 188 valence electrons. The van der Waals surface area contributed by atoms with Gasteiger partial charge >= 0.3 is 5.97 Å². The average molecular weight is 491 g/mol. The maximum absolute atomic E-state index is 13.4. The van der Waals surface area contributed by atoms with E-state index in [1.807, 2.05) is 37.3 Å². The number of imide groups is 1. The number of para-hydroxylation sites is 2. The first-order valence-corrected chi connectivity index (χ1v) is 12.6. The number of benzene rings is 2. The zero-order chi connectivity index (χ0) is 25.2. The normalized spacial score (nSPS) is 25.0. The Morgan fingerprint density at radius 3 is 2.28 bits per heavy atom. The average Bonchev–Trinajstić information content (AvgIpc) is 3.57. The van der Waals surface area contributed by atoms with Gasteiger partial charge in [-0.1, -0.05) is 42.5 Å². The third-order valence-electron chi connectivity index (χ3n) is 7.62. The number of fused-ring (bicyclic) bond motifs is 5. The molecule has 3 fully saturated rings. The van der Waals surface area contributed by atoms with Crippen molar-refractivity contribution in [3.8, 4) is 5.75 Å². The number of likely N-dealkylation sites (tertiary alicyclic amines) is 1. The van der Waals surface area contributed by atoms with E-state index in [2.05, 4.69) is 5.32 Å². The van der Waals surface area contributed by atoms with Crippen molar-refractivity contribution in [2.75, 3.05) is 18.5 Å². The molecule has 8 nitrogen and oxygen atoms in total. The number of nitrogens with one attached hydrogen (secondary N) is 1. The molecule has 2 aliphatic carbocycles. The summed E-state index contributed by atoms with van der Waals surface area (Å²) in [6.07, 6.45) is 2.96. The molecule has 5 rings (SSSR count). The van der Waals surface area contributed by atoms with Gasteiger partial charge in [-0.3, -0.25) is 19.3 Å². The minimum atomic E-state index is -1.11. The summed E-state index contributed by atoms with van der Waals surface area (Å²) in [6.45, 7) is 1.73. The van der Waals surface area contributed by atoms with Crippen molar-refractivity contribution >= 4 is 29.4 Å². The Morgan fingerprint density at radius 1 is 0.972 bits per heavy atom. The molecule has 0 spiro atoms. The zero-order valence-corrected chi connectivity index (χ0v) is 20.2. The third kappa shape index (κ3) is 4.47. The fraction of sp³-hybridized carbons (Fsp3) is 0.429. The van der Waals surface area contributed by atoms with Gasteiger partial charge in [0, 0.05) is 6.42 Å². The van der Waals surface area contributed by atoms with Gasteiger partial charge in [0.25, 0.3) is 5.91 Å². The molecule has 1 aliphatic heterocycles. The molecule has 0 unspecified atom stereocenters. The number of hydrogen-bond donors (Lipinski definition) is 1. The summed E-state index contributed by atoms with van der Waals surface area (Å²) in [5, 5.41) is 2.69. The number of carbonyl (C=O) groups is 4. The first-order chi connectivity index (χ1) is 17.5. The smallest absolute Gasteiger partial charge is 0.330 e. The lowest BCUT2D eigenvalue weighted by atomic mass is 9.81. The van der Waals surface area contributed by atoms with Gasteiger partial charge in [0.1, 0.15) is 11.8 Å². The Labute approximate surface area is 209 Å². The van der Waals surface area contributed by atoms with Crippen molar-refractivity contribution in [3.05, 3.63) is 60.2 Å². The van der Waals surface area contributed by atoms with E-state index in [1.54, 1.807) is 24.3 Å². The number of rotatable bonds is 9. The van der Waals surface area contributed by atoms with Crippen LogP contribution in [-0.4, -0.2) is 47.8 Å². The molecule has 36 heavy (non-hydrogen) atoms. The maximum atomic E-state index is 13.4. The Hall–Kier alpha value is -3.68. The summed E-state index contributed by atoms with van der Waals surface area (Å²) in [6, 6.07) is 15.1.